The molecule has 6 nitrogen and oxygen atoms in total. The van der Waals surface area contributed by atoms with Gasteiger partial charge in [-0.05, 0) is 42.4 Å². The zero-order valence-corrected chi connectivity index (χ0v) is 14.7. The van der Waals surface area contributed by atoms with E-state index in [1.165, 1.54) is 11.1 Å². The Morgan fingerprint density at radius 2 is 2.04 bits per heavy atom. The predicted molar refractivity (Wildman–Crippen MR) is 96.5 cm³/mol. The van der Waals surface area contributed by atoms with E-state index in [0.29, 0.717) is 12.0 Å². The number of benzene rings is 1. The maximum atomic E-state index is 12.3. The fourth-order valence-electron chi connectivity index (χ4n) is 3.55. The Hall–Kier alpha value is -2.63. The van der Waals surface area contributed by atoms with Crippen molar-refractivity contribution in [1.29, 1.82) is 0 Å². The molecule has 1 aliphatic carbocycles. The lowest BCUT2D eigenvalue weighted by Crippen LogP contribution is -2.38. The third-order valence-electron chi connectivity index (χ3n) is 4.83. The number of carbonyl (C=O) groups excluding carboxylic acids is 1. The van der Waals surface area contributed by atoms with E-state index >= 15 is 0 Å². The summed E-state index contributed by atoms with van der Waals surface area (Å²) in [5.74, 6) is 0. The number of aromatic amines is 1. The Morgan fingerprint density at radius 3 is 2.80 bits per heavy atom. The minimum atomic E-state index is -0.252. The van der Waals surface area contributed by atoms with Crippen molar-refractivity contribution >= 4 is 6.03 Å². The van der Waals surface area contributed by atoms with E-state index in [2.05, 4.69) is 33.0 Å². The number of hydrogen-bond acceptors (Lipinski definition) is 3. The fourth-order valence-corrected chi connectivity index (χ4v) is 3.55. The van der Waals surface area contributed by atoms with Crippen molar-refractivity contribution in [3.8, 4) is 0 Å². The van der Waals surface area contributed by atoms with Crippen LogP contribution in [-0.4, -0.2) is 16.2 Å². The summed E-state index contributed by atoms with van der Waals surface area (Å²) in [4.78, 5) is 24.4. The van der Waals surface area contributed by atoms with Gasteiger partial charge in [-0.2, -0.15) is 5.10 Å². The van der Waals surface area contributed by atoms with Crippen molar-refractivity contribution in [2.24, 2.45) is 0 Å². The van der Waals surface area contributed by atoms with E-state index in [1.54, 1.807) is 0 Å². The maximum absolute atomic E-state index is 12.3. The van der Waals surface area contributed by atoms with Crippen LogP contribution in [-0.2, 0) is 25.8 Å². The third-order valence-corrected chi connectivity index (χ3v) is 4.83. The lowest BCUT2D eigenvalue weighted by molar-refractivity contribution is 0.236. The molecule has 3 rings (SSSR count). The van der Waals surface area contributed by atoms with Crippen LogP contribution < -0.4 is 16.2 Å². The first kappa shape index (κ1) is 17.2. The largest absolute Gasteiger partial charge is 0.334 e. The molecule has 3 N–H and O–H groups in total. The first-order valence-corrected chi connectivity index (χ1v) is 8.85. The SMILES string of the molecule is CCc1n[nH]c(=O)c(CNC(=O)NC2CCc3ccccc32)c1CC. The number of fused-ring (bicyclic) bond motifs is 1. The average molecular weight is 340 g/mol. The molecule has 0 fully saturated rings. The van der Waals surface area contributed by atoms with Crippen molar-refractivity contribution < 1.29 is 4.79 Å². The highest BCUT2D eigenvalue weighted by Gasteiger charge is 2.23. The lowest BCUT2D eigenvalue weighted by Gasteiger charge is -2.16. The van der Waals surface area contributed by atoms with E-state index in [9.17, 15) is 9.59 Å². The molecule has 2 amide bonds. The molecular weight excluding hydrogens is 316 g/mol. The molecule has 0 bridgehead atoms. The monoisotopic (exact) mass is 340 g/mol. The predicted octanol–water partition coefficient (Wildman–Crippen LogP) is 2.38. The topological polar surface area (TPSA) is 86.9 Å². The lowest BCUT2D eigenvalue weighted by atomic mass is 10.0. The van der Waals surface area contributed by atoms with Gasteiger partial charge in [0.1, 0.15) is 0 Å². The van der Waals surface area contributed by atoms with Crippen LogP contribution in [0.1, 0.15) is 54.3 Å². The van der Waals surface area contributed by atoms with Crippen LogP contribution in [0, 0.1) is 0 Å². The highest BCUT2D eigenvalue weighted by Crippen LogP contribution is 2.30. The number of aryl methyl sites for hydroxylation is 2. The Balaban J connectivity index is 1.67. The minimum absolute atomic E-state index is 0.0313. The molecule has 1 unspecified atom stereocenters. The van der Waals surface area contributed by atoms with E-state index in [0.717, 1.165) is 30.5 Å². The molecule has 1 atom stereocenters. The molecule has 1 heterocycles. The molecule has 1 aliphatic rings. The van der Waals surface area contributed by atoms with E-state index < -0.39 is 0 Å². The number of aromatic nitrogens is 2. The summed E-state index contributed by atoms with van der Waals surface area (Å²) in [6, 6.07) is 7.96. The minimum Gasteiger partial charge on any atom is -0.334 e. The maximum Gasteiger partial charge on any atom is 0.315 e. The number of urea groups is 1. The van der Waals surface area contributed by atoms with E-state index in [-0.39, 0.29) is 24.2 Å². The molecule has 2 aromatic rings. The van der Waals surface area contributed by atoms with Crippen LogP contribution >= 0.6 is 0 Å². The van der Waals surface area contributed by atoms with Gasteiger partial charge in [-0.1, -0.05) is 38.1 Å². The number of H-pyrrole nitrogens is 1. The van der Waals surface area contributed by atoms with Gasteiger partial charge < -0.3 is 10.6 Å². The van der Waals surface area contributed by atoms with Gasteiger partial charge in [0, 0.05) is 5.56 Å². The highest BCUT2D eigenvalue weighted by molar-refractivity contribution is 5.74. The molecule has 1 aromatic carbocycles. The van der Waals surface area contributed by atoms with Gasteiger partial charge >= 0.3 is 6.03 Å². The summed E-state index contributed by atoms with van der Waals surface area (Å²) in [5, 5.41) is 12.5. The van der Waals surface area contributed by atoms with Gasteiger partial charge in [0.2, 0.25) is 0 Å². The first-order valence-electron chi connectivity index (χ1n) is 8.85. The molecule has 0 saturated carbocycles. The van der Waals surface area contributed by atoms with Crippen LogP contribution in [0.5, 0.6) is 0 Å². The normalized spacial score (nSPS) is 15.7. The molecule has 0 saturated heterocycles. The summed E-state index contributed by atoms with van der Waals surface area (Å²) in [7, 11) is 0. The van der Waals surface area contributed by atoms with Crippen LogP contribution in [0.2, 0.25) is 0 Å². The molecule has 0 aliphatic heterocycles. The zero-order chi connectivity index (χ0) is 17.8. The van der Waals surface area contributed by atoms with Crippen molar-refractivity contribution in [3.05, 3.63) is 62.6 Å². The number of nitrogens with zero attached hydrogens (tertiary/aromatic N) is 1. The molecule has 1 aromatic heterocycles. The van der Waals surface area contributed by atoms with Gasteiger partial charge in [-0.15, -0.1) is 0 Å². The number of carbonyl (C=O) groups is 1. The van der Waals surface area contributed by atoms with E-state index in [1.807, 2.05) is 26.0 Å². The second kappa shape index (κ2) is 7.51. The summed E-state index contributed by atoms with van der Waals surface area (Å²) < 4.78 is 0. The highest BCUT2D eigenvalue weighted by atomic mass is 16.2. The van der Waals surface area contributed by atoms with Gasteiger partial charge in [-0.3, -0.25) is 4.79 Å². The van der Waals surface area contributed by atoms with Crippen LogP contribution in [0.25, 0.3) is 0 Å². The van der Waals surface area contributed by atoms with Crippen molar-refractivity contribution in [2.75, 3.05) is 0 Å². The summed E-state index contributed by atoms with van der Waals surface area (Å²) >= 11 is 0. The Bertz CT molecular complexity index is 828. The standard InChI is InChI=1S/C19H24N4O2/c1-3-13-15(18(24)23-22-16(13)4-2)11-20-19(25)21-17-10-9-12-7-5-6-8-14(12)17/h5-8,17H,3-4,9-11H2,1-2H3,(H,23,24)(H2,20,21,25). The zero-order valence-electron chi connectivity index (χ0n) is 14.7. The van der Waals surface area contributed by atoms with Crippen molar-refractivity contribution in [3.63, 3.8) is 0 Å². The van der Waals surface area contributed by atoms with Gasteiger partial charge in [0.05, 0.1) is 18.3 Å². The van der Waals surface area contributed by atoms with Crippen LogP contribution in [0.15, 0.2) is 29.1 Å². The second-order valence-electron chi connectivity index (χ2n) is 6.28. The summed E-state index contributed by atoms with van der Waals surface area (Å²) in [5.41, 5.74) is 4.64. The quantitative estimate of drug-likeness (QED) is 0.781. The summed E-state index contributed by atoms with van der Waals surface area (Å²) in [6.07, 6.45) is 3.35. The average Bonchev–Trinajstić information content (AvgIpc) is 3.03. The molecule has 25 heavy (non-hydrogen) atoms. The Kier molecular flexibility index (Phi) is 5.16. The van der Waals surface area contributed by atoms with Gasteiger partial charge in [0.25, 0.3) is 5.56 Å². The number of rotatable bonds is 5. The van der Waals surface area contributed by atoms with Gasteiger partial charge in [-0.25, -0.2) is 9.89 Å². The molecule has 0 radical (unpaired) electrons. The number of hydrogen-bond donors (Lipinski definition) is 3. The smallest absolute Gasteiger partial charge is 0.315 e. The molecular formula is C19H24N4O2. The second-order valence-corrected chi connectivity index (χ2v) is 6.28. The van der Waals surface area contributed by atoms with Crippen molar-refractivity contribution in [1.82, 2.24) is 20.8 Å². The molecule has 0 spiro atoms. The number of nitrogens with one attached hydrogen (secondary N) is 3. The van der Waals surface area contributed by atoms with Crippen molar-refractivity contribution in [2.45, 2.75) is 52.1 Å². The Morgan fingerprint density at radius 1 is 1.24 bits per heavy atom. The third kappa shape index (κ3) is 3.57. The molecule has 6 heteroatoms. The first-order chi connectivity index (χ1) is 12.1. The number of amides is 2. The van der Waals surface area contributed by atoms with Crippen LogP contribution in [0.3, 0.4) is 0 Å². The molecule has 132 valence electrons. The Labute approximate surface area is 147 Å². The van der Waals surface area contributed by atoms with Crippen LogP contribution in [0.4, 0.5) is 4.79 Å². The summed E-state index contributed by atoms with van der Waals surface area (Å²) in [6.45, 7) is 4.20. The van der Waals surface area contributed by atoms with Gasteiger partial charge in [0.15, 0.2) is 0 Å². The fraction of sp³-hybridized carbons (Fsp3) is 0.421. The van der Waals surface area contributed by atoms with E-state index in [4.69, 9.17) is 0 Å².